The van der Waals surface area contributed by atoms with Gasteiger partial charge in [0.1, 0.15) is 0 Å². The zero-order chi connectivity index (χ0) is 13.0. The van der Waals surface area contributed by atoms with E-state index in [1.807, 2.05) is 0 Å². The summed E-state index contributed by atoms with van der Waals surface area (Å²) >= 11 is 0. The molecule has 0 bridgehead atoms. The fraction of sp³-hybridized carbons (Fsp3) is 0.667. The maximum Gasteiger partial charge on any atom is 0.0608 e. The van der Waals surface area contributed by atoms with Gasteiger partial charge in [-0.05, 0) is 51.8 Å². The molecule has 2 heterocycles. The molecule has 1 fully saturated rings. The van der Waals surface area contributed by atoms with Crippen LogP contribution in [-0.2, 0) is 0 Å². The second-order valence-corrected chi connectivity index (χ2v) is 5.25. The summed E-state index contributed by atoms with van der Waals surface area (Å²) in [6.07, 6.45) is 3.66. The van der Waals surface area contributed by atoms with Crippen molar-refractivity contribution in [3.05, 3.63) is 23.5 Å². The maximum absolute atomic E-state index is 4.58. The van der Waals surface area contributed by atoms with Gasteiger partial charge in [0.15, 0.2) is 0 Å². The normalized spacial score (nSPS) is 21.5. The van der Waals surface area contributed by atoms with Crippen LogP contribution in [0.3, 0.4) is 0 Å². The van der Waals surface area contributed by atoms with Crippen LogP contribution in [0.4, 0.5) is 5.69 Å². The van der Waals surface area contributed by atoms with Gasteiger partial charge >= 0.3 is 0 Å². The Morgan fingerprint density at radius 1 is 1.33 bits per heavy atom. The lowest BCUT2D eigenvalue weighted by atomic mass is 10.1. The van der Waals surface area contributed by atoms with Crippen molar-refractivity contribution in [1.82, 2.24) is 10.3 Å². The van der Waals surface area contributed by atoms with Gasteiger partial charge < -0.3 is 10.2 Å². The molecule has 1 atom stereocenters. The Labute approximate surface area is 111 Å². The van der Waals surface area contributed by atoms with Gasteiger partial charge in [-0.2, -0.15) is 0 Å². The van der Waals surface area contributed by atoms with Gasteiger partial charge in [-0.1, -0.05) is 6.92 Å². The number of nitrogens with zero attached hydrogens (tertiary/aromatic N) is 2. The molecule has 0 amide bonds. The topological polar surface area (TPSA) is 28.2 Å². The van der Waals surface area contributed by atoms with Crippen LogP contribution in [0.2, 0.25) is 0 Å². The van der Waals surface area contributed by atoms with Gasteiger partial charge in [-0.3, -0.25) is 4.98 Å². The van der Waals surface area contributed by atoms with Crippen LogP contribution in [-0.4, -0.2) is 30.7 Å². The Hall–Kier alpha value is -1.09. The van der Waals surface area contributed by atoms with E-state index < -0.39 is 0 Å². The first-order valence-corrected chi connectivity index (χ1v) is 7.13. The molecule has 0 radical (unpaired) electrons. The highest BCUT2D eigenvalue weighted by Gasteiger charge is 2.15. The summed E-state index contributed by atoms with van der Waals surface area (Å²) in [5, 5.41) is 3.62. The average Bonchev–Trinajstić information content (AvgIpc) is 2.31. The number of anilines is 1. The minimum Gasteiger partial charge on any atom is -0.370 e. The fourth-order valence-corrected chi connectivity index (χ4v) is 2.70. The molecule has 1 N–H and O–H groups in total. The van der Waals surface area contributed by atoms with Crippen LogP contribution >= 0.6 is 0 Å². The number of nitrogens with one attached hydrogen (secondary N) is 1. The second kappa shape index (κ2) is 6.19. The fourth-order valence-electron chi connectivity index (χ4n) is 2.70. The molecule has 1 aromatic rings. The molecule has 0 aliphatic carbocycles. The quantitative estimate of drug-likeness (QED) is 0.871. The van der Waals surface area contributed by atoms with Crippen molar-refractivity contribution in [2.75, 3.05) is 24.5 Å². The van der Waals surface area contributed by atoms with Crippen molar-refractivity contribution in [2.45, 2.75) is 46.1 Å². The van der Waals surface area contributed by atoms with Gasteiger partial charge in [0, 0.05) is 24.8 Å². The smallest absolute Gasteiger partial charge is 0.0608 e. The first-order chi connectivity index (χ1) is 8.70. The van der Waals surface area contributed by atoms with Crippen molar-refractivity contribution in [3.63, 3.8) is 0 Å². The molecule has 18 heavy (non-hydrogen) atoms. The zero-order valence-corrected chi connectivity index (χ0v) is 11.9. The van der Waals surface area contributed by atoms with Crippen LogP contribution in [0.5, 0.6) is 0 Å². The summed E-state index contributed by atoms with van der Waals surface area (Å²) < 4.78 is 0. The Morgan fingerprint density at radius 3 is 2.89 bits per heavy atom. The predicted molar refractivity (Wildman–Crippen MR) is 77.2 cm³/mol. The number of pyridine rings is 1. The molecule has 0 aromatic carbocycles. The van der Waals surface area contributed by atoms with E-state index in [4.69, 9.17) is 0 Å². The molecule has 0 saturated carbocycles. The first-order valence-electron chi connectivity index (χ1n) is 7.13. The van der Waals surface area contributed by atoms with Crippen LogP contribution in [0.1, 0.15) is 37.6 Å². The molecule has 1 aliphatic heterocycles. The van der Waals surface area contributed by atoms with Gasteiger partial charge in [-0.15, -0.1) is 0 Å². The van der Waals surface area contributed by atoms with Crippen LogP contribution in [0.15, 0.2) is 12.1 Å². The largest absolute Gasteiger partial charge is 0.370 e. The zero-order valence-electron chi connectivity index (χ0n) is 11.9. The number of aryl methyl sites for hydroxylation is 2. The lowest BCUT2D eigenvalue weighted by molar-refractivity contribution is 0.439. The molecule has 2 rings (SSSR count). The average molecular weight is 247 g/mol. The van der Waals surface area contributed by atoms with Crippen LogP contribution in [0.25, 0.3) is 0 Å². The molecule has 1 aliphatic rings. The minimum atomic E-state index is 0.673. The molecular formula is C15H25N3. The van der Waals surface area contributed by atoms with Crippen molar-refractivity contribution in [1.29, 1.82) is 0 Å². The number of aromatic nitrogens is 1. The van der Waals surface area contributed by atoms with E-state index in [0.29, 0.717) is 6.04 Å². The molecule has 1 saturated heterocycles. The summed E-state index contributed by atoms with van der Waals surface area (Å²) in [7, 11) is 0. The maximum atomic E-state index is 4.58. The van der Waals surface area contributed by atoms with E-state index in [-0.39, 0.29) is 0 Å². The third-order valence-electron chi connectivity index (χ3n) is 3.82. The van der Waals surface area contributed by atoms with Gasteiger partial charge in [0.05, 0.1) is 11.4 Å². The van der Waals surface area contributed by atoms with E-state index >= 15 is 0 Å². The first kappa shape index (κ1) is 13.3. The van der Waals surface area contributed by atoms with Crippen molar-refractivity contribution in [2.24, 2.45) is 0 Å². The van der Waals surface area contributed by atoms with Crippen molar-refractivity contribution < 1.29 is 0 Å². The minimum absolute atomic E-state index is 0.673. The Balaban J connectivity index is 2.10. The van der Waals surface area contributed by atoms with Crippen molar-refractivity contribution >= 4 is 5.69 Å². The molecule has 0 spiro atoms. The van der Waals surface area contributed by atoms with E-state index in [0.717, 1.165) is 31.0 Å². The van der Waals surface area contributed by atoms with Crippen LogP contribution < -0.4 is 10.2 Å². The SMILES string of the molecule is CCC1CCN(c2ccc(C)nc2C)CCCN1. The molecule has 1 unspecified atom stereocenters. The summed E-state index contributed by atoms with van der Waals surface area (Å²) in [6.45, 7) is 9.85. The Morgan fingerprint density at radius 2 is 2.17 bits per heavy atom. The Kier molecular flexibility index (Phi) is 4.59. The van der Waals surface area contributed by atoms with Gasteiger partial charge in [-0.25, -0.2) is 0 Å². The molecule has 3 nitrogen and oxygen atoms in total. The molecular weight excluding hydrogens is 222 g/mol. The lowest BCUT2D eigenvalue weighted by Crippen LogP contribution is -2.39. The Bertz CT molecular complexity index is 389. The lowest BCUT2D eigenvalue weighted by Gasteiger charge is -2.31. The summed E-state index contributed by atoms with van der Waals surface area (Å²) in [6, 6.07) is 5.02. The summed E-state index contributed by atoms with van der Waals surface area (Å²) in [4.78, 5) is 7.09. The number of rotatable bonds is 2. The van der Waals surface area contributed by atoms with Gasteiger partial charge in [0.2, 0.25) is 0 Å². The summed E-state index contributed by atoms with van der Waals surface area (Å²) in [5.41, 5.74) is 3.59. The number of hydrogen-bond donors (Lipinski definition) is 1. The second-order valence-electron chi connectivity index (χ2n) is 5.25. The highest BCUT2D eigenvalue weighted by atomic mass is 15.1. The van der Waals surface area contributed by atoms with E-state index in [9.17, 15) is 0 Å². The predicted octanol–water partition coefficient (Wildman–Crippen LogP) is 2.67. The summed E-state index contributed by atoms with van der Waals surface area (Å²) in [5.74, 6) is 0. The van der Waals surface area contributed by atoms with E-state index in [1.54, 1.807) is 0 Å². The standard InChI is InChI=1S/C15H25N3/c1-4-14-8-11-18(10-5-9-16-14)15-7-6-12(2)17-13(15)3/h6-7,14,16H,4-5,8-11H2,1-3H3. The number of hydrogen-bond acceptors (Lipinski definition) is 3. The highest BCUT2D eigenvalue weighted by molar-refractivity contribution is 5.50. The molecule has 100 valence electrons. The van der Waals surface area contributed by atoms with E-state index in [1.165, 1.54) is 24.9 Å². The van der Waals surface area contributed by atoms with Gasteiger partial charge in [0.25, 0.3) is 0 Å². The monoisotopic (exact) mass is 247 g/mol. The third-order valence-corrected chi connectivity index (χ3v) is 3.82. The van der Waals surface area contributed by atoms with Crippen LogP contribution in [0, 0.1) is 13.8 Å². The van der Waals surface area contributed by atoms with Crippen molar-refractivity contribution in [3.8, 4) is 0 Å². The molecule has 3 heteroatoms. The highest BCUT2D eigenvalue weighted by Crippen LogP contribution is 2.20. The van der Waals surface area contributed by atoms with E-state index in [2.05, 4.69) is 48.1 Å². The third kappa shape index (κ3) is 3.22. The molecule has 1 aromatic heterocycles.